The van der Waals surface area contributed by atoms with Crippen molar-refractivity contribution in [2.75, 3.05) is 19.6 Å². The third-order valence-electron chi connectivity index (χ3n) is 4.93. The topological polar surface area (TPSA) is 24.5 Å². The molecule has 1 fully saturated rings. The van der Waals surface area contributed by atoms with Crippen molar-refractivity contribution in [2.45, 2.75) is 39.0 Å². The van der Waals surface area contributed by atoms with Gasteiger partial charge in [0.15, 0.2) is 0 Å². The predicted octanol–water partition coefficient (Wildman–Crippen LogP) is 5.15. The molecule has 26 heavy (non-hydrogen) atoms. The highest BCUT2D eigenvalue weighted by atomic mass is 35.5. The molecule has 0 aromatic heterocycles. The van der Waals surface area contributed by atoms with Crippen molar-refractivity contribution in [3.63, 3.8) is 0 Å². The number of benzene rings is 2. The van der Waals surface area contributed by atoms with Gasteiger partial charge in [0.25, 0.3) is 0 Å². The van der Waals surface area contributed by atoms with Crippen LogP contribution in [0, 0.1) is 0 Å². The summed E-state index contributed by atoms with van der Waals surface area (Å²) in [6.07, 6.45) is 2.63. The number of likely N-dealkylation sites (N-methyl/N-ethyl adjacent to an activating group) is 1. The Balaban J connectivity index is 1.43. The first kappa shape index (κ1) is 19.5. The zero-order chi connectivity index (χ0) is 18.4. The van der Waals surface area contributed by atoms with E-state index in [4.69, 9.17) is 27.9 Å². The molecule has 0 bridgehead atoms. The van der Waals surface area contributed by atoms with Crippen LogP contribution in [-0.4, -0.2) is 30.6 Å². The Morgan fingerprint density at radius 1 is 1.08 bits per heavy atom. The SMILES string of the molecule is CCN1CCCC1CNCc1ccc(OCc2ccc(Cl)c(Cl)c2)cc1. The molecule has 5 heteroatoms. The summed E-state index contributed by atoms with van der Waals surface area (Å²) in [6, 6.07) is 14.5. The summed E-state index contributed by atoms with van der Waals surface area (Å²) >= 11 is 12.0. The molecule has 2 aromatic rings. The first-order valence-corrected chi connectivity index (χ1v) is 10.0. The van der Waals surface area contributed by atoms with E-state index in [0.717, 1.165) is 30.9 Å². The molecule has 0 saturated carbocycles. The minimum atomic E-state index is 0.475. The van der Waals surface area contributed by atoms with E-state index in [-0.39, 0.29) is 0 Å². The van der Waals surface area contributed by atoms with Gasteiger partial charge in [-0.1, -0.05) is 48.3 Å². The van der Waals surface area contributed by atoms with Crippen LogP contribution in [0.3, 0.4) is 0 Å². The fraction of sp³-hybridized carbons (Fsp3) is 0.429. The third kappa shape index (κ3) is 5.37. The Morgan fingerprint density at radius 2 is 1.85 bits per heavy atom. The number of nitrogens with zero attached hydrogens (tertiary/aromatic N) is 1. The highest BCUT2D eigenvalue weighted by molar-refractivity contribution is 6.42. The lowest BCUT2D eigenvalue weighted by molar-refractivity contribution is 0.260. The molecule has 1 N–H and O–H groups in total. The Bertz CT molecular complexity index is 706. The molecule has 0 spiro atoms. The van der Waals surface area contributed by atoms with E-state index in [9.17, 15) is 0 Å². The van der Waals surface area contributed by atoms with Crippen LogP contribution in [-0.2, 0) is 13.2 Å². The molecule has 1 atom stereocenters. The van der Waals surface area contributed by atoms with Gasteiger partial charge in [0.05, 0.1) is 10.0 Å². The highest BCUT2D eigenvalue weighted by Crippen LogP contribution is 2.23. The van der Waals surface area contributed by atoms with Gasteiger partial charge in [-0.05, 0) is 61.3 Å². The monoisotopic (exact) mass is 392 g/mol. The van der Waals surface area contributed by atoms with E-state index in [2.05, 4.69) is 29.3 Å². The van der Waals surface area contributed by atoms with Gasteiger partial charge < -0.3 is 10.1 Å². The Hall–Kier alpha value is -1.26. The van der Waals surface area contributed by atoms with E-state index >= 15 is 0 Å². The molecule has 140 valence electrons. The first-order valence-electron chi connectivity index (χ1n) is 9.26. The molecular formula is C21H26Cl2N2O. The number of hydrogen-bond donors (Lipinski definition) is 1. The molecule has 0 radical (unpaired) electrons. The average molecular weight is 393 g/mol. The smallest absolute Gasteiger partial charge is 0.119 e. The maximum Gasteiger partial charge on any atom is 0.119 e. The molecule has 1 unspecified atom stereocenters. The van der Waals surface area contributed by atoms with Crippen molar-refractivity contribution in [3.8, 4) is 5.75 Å². The molecule has 3 nitrogen and oxygen atoms in total. The second-order valence-electron chi connectivity index (χ2n) is 6.74. The van der Waals surface area contributed by atoms with E-state index in [1.807, 2.05) is 24.3 Å². The molecule has 0 amide bonds. The predicted molar refractivity (Wildman–Crippen MR) is 109 cm³/mol. The van der Waals surface area contributed by atoms with Crippen LogP contribution in [0.4, 0.5) is 0 Å². The first-order chi connectivity index (χ1) is 12.7. The van der Waals surface area contributed by atoms with Crippen molar-refractivity contribution in [3.05, 3.63) is 63.6 Å². The molecule has 1 aliphatic heterocycles. The van der Waals surface area contributed by atoms with E-state index in [0.29, 0.717) is 22.7 Å². The molecule has 2 aromatic carbocycles. The van der Waals surface area contributed by atoms with Crippen molar-refractivity contribution < 1.29 is 4.74 Å². The van der Waals surface area contributed by atoms with Gasteiger partial charge in [0.1, 0.15) is 12.4 Å². The van der Waals surface area contributed by atoms with Gasteiger partial charge in [-0.2, -0.15) is 0 Å². The van der Waals surface area contributed by atoms with Crippen LogP contribution < -0.4 is 10.1 Å². The minimum absolute atomic E-state index is 0.475. The zero-order valence-electron chi connectivity index (χ0n) is 15.2. The summed E-state index contributed by atoms with van der Waals surface area (Å²) in [4.78, 5) is 2.56. The highest BCUT2D eigenvalue weighted by Gasteiger charge is 2.21. The number of likely N-dealkylation sites (tertiary alicyclic amines) is 1. The summed E-state index contributed by atoms with van der Waals surface area (Å²) in [7, 11) is 0. The Morgan fingerprint density at radius 3 is 2.58 bits per heavy atom. The lowest BCUT2D eigenvalue weighted by atomic mass is 10.2. The van der Waals surface area contributed by atoms with Crippen molar-refractivity contribution >= 4 is 23.2 Å². The van der Waals surface area contributed by atoms with Gasteiger partial charge in [0.2, 0.25) is 0 Å². The largest absolute Gasteiger partial charge is 0.489 e. The quantitative estimate of drug-likeness (QED) is 0.672. The van der Waals surface area contributed by atoms with Crippen LogP contribution >= 0.6 is 23.2 Å². The number of hydrogen-bond acceptors (Lipinski definition) is 3. The number of halogens is 2. The van der Waals surface area contributed by atoms with Crippen LogP contribution in [0.25, 0.3) is 0 Å². The number of nitrogens with one attached hydrogen (secondary N) is 1. The van der Waals surface area contributed by atoms with Crippen LogP contribution in [0.15, 0.2) is 42.5 Å². The van der Waals surface area contributed by atoms with Gasteiger partial charge in [0, 0.05) is 19.1 Å². The molecule has 1 heterocycles. The van der Waals surface area contributed by atoms with Crippen LogP contribution in [0.1, 0.15) is 30.9 Å². The van der Waals surface area contributed by atoms with Gasteiger partial charge in [-0.25, -0.2) is 0 Å². The van der Waals surface area contributed by atoms with Crippen molar-refractivity contribution in [1.29, 1.82) is 0 Å². The second-order valence-corrected chi connectivity index (χ2v) is 7.55. The number of ether oxygens (including phenoxy) is 1. The Kier molecular flexibility index (Phi) is 7.21. The van der Waals surface area contributed by atoms with Gasteiger partial charge in [-0.3, -0.25) is 4.90 Å². The molecule has 1 aliphatic rings. The normalized spacial score (nSPS) is 17.6. The molecule has 3 rings (SSSR count). The van der Waals surface area contributed by atoms with Crippen molar-refractivity contribution in [1.82, 2.24) is 10.2 Å². The number of rotatable bonds is 8. The third-order valence-corrected chi connectivity index (χ3v) is 5.67. The summed E-state index contributed by atoms with van der Waals surface area (Å²) in [6.45, 7) is 7.06. The zero-order valence-corrected chi connectivity index (χ0v) is 16.7. The maximum absolute atomic E-state index is 6.03. The summed E-state index contributed by atoms with van der Waals surface area (Å²) < 4.78 is 5.83. The summed E-state index contributed by atoms with van der Waals surface area (Å²) in [5, 5.41) is 4.70. The maximum atomic E-state index is 6.03. The van der Waals surface area contributed by atoms with E-state index in [1.165, 1.54) is 24.9 Å². The van der Waals surface area contributed by atoms with Gasteiger partial charge in [-0.15, -0.1) is 0 Å². The lowest BCUT2D eigenvalue weighted by Gasteiger charge is -2.23. The van der Waals surface area contributed by atoms with Gasteiger partial charge >= 0.3 is 0 Å². The molecular weight excluding hydrogens is 367 g/mol. The summed E-state index contributed by atoms with van der Waals surface area (Å²) in [5.41, 5.74) is 2.27. The molecule has 1 saturated heterocycles. The van der Waals surface area contributed by atoms with Crippen LogP contribution in [0.2, 0.25) is 10.0 Å². The average Bonchev–Trinajstić information content (AvgIpc) is 3.11. The van der Waals surface area contributed by atoms with Crippen LogP contribution in [0.5, 0.6) is 5.75 Å². The van der Waals surface area contributed by atoms with Crippen molar-refractivity contribution in [2.24, 2.45) is 0 Å². The minimum Gasteiger partial charge on any atom is -0.489 e. The fourth-order valence-corrected chi connectivity index (χ4v) is 3.75. The summed E-state index contributed by atoms with van der Waals surface area (Å²) in [5.74, 6) is 0.854. The lowest BCUT2D eigenvalue weighted by Crippen LogP contribution is -2.37. The molecule has 0 aliphatic carbocycles. The van der Waals surface area contributed by atoms with E-state index in [1.54, 1.807) is 6.07 Å². The fourth-order valence-electron chi connectivity index (χ4n) is 3.43. The Labute approximate surface area is 166 Å². The van der Waals surface area contributed by atoms with E-state index < -0.39 is 0 Å². The second kappa shape index (κ2) is 9.61. The standard InChI is InChI=1S/C21H26Cl2N2O/c1-2-25-11-3-4-18(25)14-24-13-16-5-8-19(9-6-16)26-15-17-7-10-20(22)21(23)12-17/h5-10,12,18,24H,2-4,11,13-15H2,1H3.